The summed E-state index contributed by atoms with van der Waals surface area (Å²) in [6.07, 6.45) is 3.05. The van der Waals surface area contributed by atoms with Gasteiger partial charge < -0.3 is 20.1 Å². The number of aromatic nitrogens is 1. The zero-order valence-electron chi connectivity index (χ0n) is 19.0. The molecule has 35 heavy (non-hydrogen) atoms. The van der Waals surface area contributed by atoms with E-state index in [0.717, 1.165) is 5.69 Å². The Morgan fingerprint density at radius 2 is 1.86 bits per heavy atom. The predicted molar refractivity (Wildman–Crippen MR) is 143 cm³/mol. The molecule has 1 atom stereocenters. The monoisotopic (exact) mass is 556 g/mol. The van der Waals surface area contributed by atoms with Gasteiger partial charge in [0, 0.05) is 67.5 Å². The fourth-order valence-corrected chi connectivity index (χ4v) is 6.13. The Morgan fingerprint density at radius 1 is 1.17 bits per heavy atom. The minimum absolute atomic E-state index is 0.00399. The summed E-state index contributed by atoms with van der Waals surface area (Å²) in [5.41, 5.74) is 8.40. The van der Waals surface area contributed by atoms with Crippen LogP contribution in [0.5, 0.6) is 5.75 Å². The molecule has 12 heteroatoms. The van der Waals surface area contributed by atoms with Crippen molar-refractivity contribution in [2.75, 3.05) is 40.8 Å². The summed E-state index contributed by atoms with van der Waals surface area (Å²) in [5, 5.41) is 3.69. The fraction of sp³-hybridized carbons (Fsp3) is 0.304. The maximum atomic E-state index is 13.5. The molecule has 3 aromatic rings. The van der Waals surface area contributed by atoms with E-state index in [4.69, 9.17) is 33.1 Å². The average molecular weight is 558 g/mol. The van der Waals surface area contributed by atoms with E-state index >= 15 is 0 Å². The number of anilines is 3. The van der Waals surface area contributed by atoms with Gasteiger partial charge in [-0.2, -0.15) is 8.42 Å². The Morgan fingerprint density at radius 3 is 2.43 bits per heavy atom. The van der Waals surface area contributed by atoms with Gasteiger partial charge in [0.05, 0.1) is 5.00 Å². The van der Waals surface area contributed by atoms with Crippen LogP contribution in [-0.4, -0.2) is 44.2 Å². The molecule has 1 amide bonds. The molecule has 1 unspecified atom stereocenters. The summed E-state index contributed by atoms with van der Waals surface area (Å²) in [6.45, 7) is 2.59. The lowest BCUT2D eigenvalue weighted by atomic mass is 10.1. The topological polar surface area (TPSA) is 115 Å². The predicted octanol–water partition coefficient (Wildman–Crippen LogP) is 4.66. The highest BCUT2D eigenvalue weighted by molar-refractivity contribution is 7.87. The lowest BCUT2D eigenvalue weighted by Gasteiger charge is -2.23. The van der Waals surface area contributed by atoms with Crippen LogP contribution < -0.4 is 20.1 Å². The van der Waals surface area contributed by atoms with Gasteiger partial charge in [0.1, 0.15) is 11.0 Å². The van der Waals surface area contributed by atoms with E-state index < -0.39 is 15.4 Å². The van der Waals surface area contributed by atoms with Gasteiger partial charge in [-0.05, 0) is 47.3 Å². The minimum Gasteiger partial charge on any atom is -0.390 e. The quantitative estimate of drug-likeness (QED) is 0.246. The summed E-state index contributed by atoms with van der Waals surface area (Å²) in [4.78, 5) is 17.7. The number of pyridine rings is 1. The Bertz CT molecular complexity index is 1230. The molecule has 3 rings (SSSR count). The van der Waals surface area contributed by atoms with Crippen LogP contribution in [0.4, 0.5) is 16.4 Å². The standard InChI is InChI=1S/C23H26Cl2N4O4S2/c1-16(30)28-21-6-10-27-15-17(21)14-22(20-7-13-34-23(20)26)35(31,32)33-19-4-2-18(3-5-19)29(11-8-24)12-9-25/h2-7,10,13,15,22H,8-9,11-12,14,26H2,1H3,(H,27,28,30). The highest BCUT2D eigenvalue weighted by Gasteiger charge is 2.33. The molecule has 0 bridgehead atoms. The van der Waals surface area contributed by atoms with Gasteiger partial charge in [0.2, 0.25) is 5.91 Å². The lowest BCUT2D eigenvalue weighted by molar-refractivity contribution is -0.114. The molecule has 2 aromatic heterocycles. The first kappa shape index (κ1) is 27.1. The molecule has 0 aliphatic carbocycles. The van der Waals surface area contributed by atoms with Gasteiger partial charge >= 0.3 is 10.1 Å². The van der Waals surface area contributed by atoms with Crippen molar-refractivity contribution in [1.82, 2.24) is 4.98 Å². The van der Waals surface area contributed by atoms with Crippen LogP contribution in [0.15, 0.2) is 54.2 Å². The van der Waals surface area contributed by atoms with Crippen LogP contribution >= 0.6 is 34.5 Å². The van der Waals surface area contributed by atoms with E-state index in [2.05, 4.69) is 10.3 Å². The first-order valence-corrected chi connectivity index (χ1v) is 14.1. The number of thiophene rings is 1. The third-order valence-corrected chi connectivity index (χ3v) is 7.81. The maximum absolute atomic E-state index is 13.5. The van der Waals surface area contributed by atoms with E-state index in [-0.39, 0.29) is 18.1 Å². The molecule has 2 heterocycles. The van der Waals surface area contributed by atoms with Crippen molar-refractivity contribution in [1.29, 1.82) is 0 Å². The second-order valence-electron chi connectivity index (χ2n) is 7.58. The number of nitrogen functional groups attached to an aromatic ring is 1. The molecule has 8 nitrogen and oxygen atoms in total. The normalized spacial score (nSPS) is 12.2. The molecule has 0 fully saturated rings. The van der Waals surface area contributed by atoms with Crippen molar-refractivity contribution in [3.05, 3.63) is 65.3 Å². The molecule has 0 radical (unpaired) electrons. The Hall–Kier alpha value is -2.53. The number of nitrogens with zero attached hydrogens (tertiary/aromatic N) is 2. The Kier molecular flexibility index (Phi) is 9.62. The second kappa shape index (κ2) is 12.4. The number of carbonyl (C=O) groups excluding carboxylic acids is 1. The minimum atomic E-state index is -4.19. The molecule has 0 aliphatic heterocycles. The van der Waals surface area contributed by atoms with E-state index in [9.17, 15) is 13.2 Å². The zero-order chi connectivity index (χ0) is 25.4. The van der Waals surface area contributed by atoms with Gasteiger partial charge in [-0.3, -0.25) is 9.78 Å². The van der Waals surface area contributed by atoms with Crippen LogP contribution in [0.25, 0.3) is 0 Å². The highest BCUT2D eigenvalue weighted by Crippen LogP contribution is 2.37. The van der Waals surface area contributed by atoms with E-state index in [0.29, 0.717) is 46.7 Å². The molecule has 188 valence electrons. The maximum Gasteiger partial charge on any atom is 0.316 e. The van der Waals surface area contributed by atoms with Crippen molar-refractivity contribution in [2.24, 2.45) is 0 Å². The average Bonchev–Trinajstić information content (AvgIpc) is 3.23. The van der Waals surface area contributed by atoms with E-state index in [1.54, 1.807) is 41.8 Å². The molecule has 1 aromatic carbocycles. The smallest absolute Gasteiger partial charge is 0.316 e. The highest BCUT2D eigenvalue weighted by atomic mass is 35.5. The molecule has 0 spiro atoms. The number of carbonyl (C=O) groups is 1. The number of nitrogens with one attached hydrogen (secondary N) is 1. The first-order chi connectivity index (χ1) is 16.7. The van der Waals surface area contributed by atoms with Crippen LogP contribution in [-0.2, 0) is 21.3 Å². The van der Waals surface area contributed by atoms with Crippen LogP contribution in [0.3, 0.4) is 0 Å². The number of hydrogen-bond donors (Lipinski definition) is 2. The molecular formula is C23H26Cl2N4O4S2. The van der Waals surface area contributed by atoms with Gasteiger partial charge in [-0.25, -0.2) is 0 Å². The van der Waals surface area contributed by atoms with Crippen molar-refractivity contribution < 1.29 is 17.4 Å². The van der Waals surface area contributed by atoms with Gasteiger partial charge in [0.25, 0.3) is 0 Å². The van der Waals surface area contributed by atoms with Crippen molar-refractivity contribution >= 4 is 66.9 Å². The number of halogens is 2. The van der Waals surface area contributed by atoms with E-state index in [1.165, 1.54) is 30.7 Å². The summed E-state index contributed by atoms with van der Waals surface area (Å²) >= 11 is 13.0. The second-order valence-corrected chi connectivity index (χ2v) is 11.0. The number of alkyl halides is 2. The Balaban J connectivity index is 1.90. The summed E-state index contributed by atoms with van der Waals surface area (Å²) < 4.78 is 32.5. The zero-order valence-corrected chi connectivity index (χ0v) is 22.1. The van der Waals surface area contributed by atoms with Crippen molar-refractivity contribution in [3.63, 3.8) is 0 Å². The number of hydrogen-bond acceptors (Lipinski definition) is 8. The van der Waals surface area contributed by atoms with Gasteiger partial charge in [-0.15, -0.1) is 34.5 Å². The molecule has 0 saturated carbocycles. The fourth-order valence-electron chi connectivity index (χ4n) is 3.54. The van der Waals surface area contributed by atoms with Crippen LogP contribution in [0.1, 0.15) is 23.3 Å². The first-order valence-electron chi connectivity index (χ1n) is 10.7. The van der Waals surface area contributed by atoms with Crippen molar-refractivity contribution in [2.45, 2.75) is 18.6 Å². The van der Waals surface area contributed by atoms with Crippen LogP contribution in [0.2, 0.25) is 0 Å². The molecular weight excluding hydrogens is 531 g/mol. The number of rotatable bonds is 12. The van der Waals surface area contributed by atoms with Crippen LogP contribution in [0, 0.1) is 0 Å². The number of benzene rings is 1. The number of amides is 1. The number of nitrogens with two attached hydrogens (primary N) is 1. The molecule has 0 saturated heterocycles. The summed E-state index contributed by atoms with van der Waals surface area (Å²) in [6, 6.07) is 9.97. The van der Waals surface area contributed by atoms with E-state index in [1.807, 2.05) is 4.90 Å². The SMILES string of the molecule is CC(=O)Nc1ccncc1CC(c1ccsc1N)S(=O)(=O)Oc1ccc(N(CCCl)CCCl)cc1. The van der Waals surface area contributed by atoms with Gasteiger partial charge in [-0.1, -0.05) is 0 Å². The molecule has 3 N–H and O–H groups in total. The summed E-state index contributed by atoms with van der Waals surface area (Å²) in [5.74, 6) is 0.752. The summed E-state index contributed by atoms with van der Waals surface area (Å²) in [7, 11) is -4.19. The largest absolute Gasteiger partial charge is 0.390 e. The third-order valence-electron chi connectivity index (χ3n) is 5.17. The van der Waals surface area contributed by atoms with Gasteiger partial charge in [0.15, 0.2) is 0 Å². The van der Waals surface area contributed by atoms with Crippen molar-refractivity contribution in [3.8, 4) is 5.75 Å². The lowest BCUT2D eigenvalue weighted by Crippen LogP contribution is -2.27. The Labute approximate surface area is 219 Å². The third kappa shape index (κ3) is 7.23. The molecule has 0 aliphatic rings.